The van der Waals surface area contributed by atoms with Crippen LogP contribution >= 0.6 is 15.9 Å². The number of hydrogen-bond acceptors (Lipinski definition) is 3. The summed E-state index contributed by atoms with van der Waals surface area (Å²) in [5, 5.41) is 3.39. The molecule has 1 N–H and O–H groups in total. The first-order chi connectivity index (χ1) is 9.67. The third-order valence-corrected chi connectivity index (χ3v) is 4.19. The van der Waals surface area contributed by atoms with Gasteiger partial charge in [-0.15, -0.1) is 0 Å². The van der Waals surface area contributed by atoms with Gasteiger partial charge >= 0.3 is 0 Å². The summed E-state index contributed by atoms with van der Waals surface area (Å²) in [6.07, 6.45) is 6.18. The van der Waals surface area contributed by atoms with E-state index in [1.165, 1.54) is 25.7 Å². The Morgan fingerprint density at radius 1 is 1.10 bits per heavy atom. The van der Waals surface area contributed by atoms with E-state index in [-0.39, 0.29) is 0 Å². The molecule has 1 rings (SSSR count). The Kier molecular flexibility index (Phi) is 8.00. The fraction of sp³-hybridized carbons (Fsp3) is 0.625. The second-order valence-electron chi connectivity index (χ2n) is 4.92. The second kappa shape index (κ2) is 9.24. The van der Waals surface area contributed by atoms with Crippen LogP contribution in [0.1, 0.15) is 50.6 Å². The highest BCUT2D eigenvalue weighted by atomic mass is 79.9. The molecule has 0 aliphatic carbocycles. The Morgan fingerprint density at radius 2 is 1.80 bits per heavy atom. The normalized spacial score (nSPS) is 12.2. The van der Waals surface area contributed by atoms with Crippen LogP contribution in [0.15, 0.2) is 16.6 Å². The SMILES string of the molecule is CCCCCCC(NC)c1cc(OC)c(Br)cc1OC. The van der Waals surface area contributed by atoms with E-state index in [0.29, 0.717) is 6.04 Å². The van der Waals surface area contributed by atoms with Crippen molar-refractivity contribution in [1.29, 1.82) is 0 Å². The first-order valence-corrected chi connectivity index (χ1v) is 8.05. The Hall–Kier alpha value is -0.740. The van der Waals surface area contributed by atoms with Crippen LogP contribution in [0.2, 0.25) is 0 Å². The monoisotopic (exact) mass is 343 g/mol. The minimum Gasteiger partial charge on any atom is -0.496 e. The molecule has 0 aromatic heterocycles. The number of hydrogen-bond donors (Lipinski definition) is 1. The molecule has 4 heteroatoms. The lowest BCUT2D eigenvalue weighted by Crippen LogP contribution is -2.17. The van der Waals surface area contributed by atoms with Gasteiger partial charge in [0.1, 0.15) is 11.5 Å². The summed E-state index contributed by atoms with van der Waals surface area (Å²) in [7, 11) is 5.39. The standard InChI is InChI=1S/C16H26BrNO2/c1-5-6-7-8-9-14(18-2)12-10-16(20-4)13(17)11-15(12)19-3/h10-11,14,18H,5-9H2,1-4H3. The molecule has 0 fully saturated rings. The molecule has 0 radical (unpaired) electrons. The molecule has 0 saturated carbocycles. The summed E-state index contributed by atoms with van der Waals surface area (Å²) in [6.45, 7) is 2.23. The molecule has 1 aromatic carbocycles. The van der Waals surface area contributed by atoms with Gasteiger partial charge in [0.05, 0.1) is 18.7 Å². The van der Waals surface area contributed by atoms with Gasteiger partial charge in [0, 0.05) is 11.6 Å². The number of halogens is 1. The summed E-state index contributed by atoms with van der Waals surface area (Å²) in [4.78, 5) is 0. The van der Waals surface area contributed by atoms with Gasteiger partial charge in [-0.1, -0.05) is 32.6 Å². The number of benzene rings is 1. The molecule has 3 nitrogen and oxygen atoms in total. The van der Waals surface area contributed by atoms with Gasteiger partial charge in [0.25, 0.3) is 0 Å². The van der Waals surface area contributed by atoms with Gasteiger partial charge in [-0.3, -0.25) is 0 Å². The van der Waals surface area contributed by atoms with Gasteiger partial charge in [0.15, 0.2) is 0 Å². The molecule has 114 valence electrons. The molecular weight excluding hydrogens is 318 g/mol. The Labute approximate surface area is 131 Å². The van der Waals surface area contributed by atoms with Crippen molar-refractivity contribution in [3.63, 3.8) is 0 Å². The minimum absolute atomic E-state index is 0.295. The fourth-order valence-electron chi connectivity index (χ4n) is 2.39. The Morgan fingerprint density at radius 3 is 2.35 bits per heavy atom. The lowest BCUT2D eigenvalue weighted by Gasteiger charge is -2.21. The van der Waals surface area contributed by atoms with Crippen LogP contribution in [0.25, 0.3) is 0 Å². The molecule has 0 saturated heterocycles. The third kappa shape index (κ3) is 4.67. The highest BCUT2D eigenvalue weighted by molar-refractivity contribution is 9.10. The summed E-state index contributed by atoms with van der Waals surface area (Å²) in [6, 6.07) is 4.33. The maximum absolute atomic E-state index is 5.51. The highest BCUT2D eigenvalue weighted by Crippen LogP contribution is 2.37. The van der Waals surface area contributed by atoms with E-state index in [4.69, 9.17) is 9.47 Å². The van der Waals surface area contributed by atoms with E-state index >= 15 is 0 Å². The topological polar surface area (TPSA) is 30.5 Å². The maximum Gasteiger partial charge on any atom is 0.133 e. The smallest absolute Gasteiger partial charge is 0.133 e. The van der Waals surface area contributed by atoms with Crippen molar-refractivity contribution >= 4 is 15.9 Å². The lowest BCUT2D eigenvalue weighted by molar-refractivity contribution is 0.385. The van der Waals surface area contributed by atoms with E-state index in [0.717, 1.165) is 28.0 Å². The van der Waals surface area contributed by atoms with Crippen LogP contribution in [0.4, 0.5) is 0 Å². The Balaban J connectivity index is 2.89. The van der Waals surface area contributed by atoms with Gasteiger partial charge in [0.2, 0.25) is 0 Å². The molecule has 0 heterocycles. The zero-order valence-electron chi connectivity index (χ0n) is 13.0. The predicted molar refractivity (Wildman–Crippen MR) is 87.8 cm³/mol. The van der Waals surface area contributed by atoms with E-state index in [9.17, 15) is 0 Å². The third-order valence-electron chi connectivity index (χ3n) is 3.57. The van der Waals surface area contributed by atoms with Crippen molar-refractivity contribution in [3.05, 3.63) is 22.2 Å². The summed E-state index contributed by atoms with van der Waals surface area (Å²) >= 11 is 3.50. The van der Waals surface area contributed by atoms with Crippen LogP contribution in [0.5, 0.6) is 11.5 Å². The van der Waals surface area contributed by atoms with Gasteiger partial charge < -0.3 is 14.8 Å². The zero-order valence-corrected chi connectivity index (χ0v) is 14.5. The van der Waals surface area contributed by atoms with Crippen molar-refractivity contribution in [2.24, 2.45) is 0 Å². The van der Waals surface area contributed by atoms with Gasteiger partial charge in [-0.05, 0) is 41.5 Å². The summed E-state index contributed by atoms with van der Waals surface area (Å²) in [5.41, 5.74) is 1.16. The van der Waals surface area contributed by atoms with E-state index in [1.54, 1.807) is 14.2 Å². The van der Waals surface area contributed by atoms with Crippen LogP contribution in [0, 0.1) is 0 Å². The fourth-order valence-corrected chi connectivity index (χ4v) is 2.87. The maximum atomic E-state index is 5.51. The number of unbranched alkanes of at least 4 members (excludes halogenated alkanes) is 3. The average molecular weight is 344 g/mol. The predicted octanol–water partition coefficient (Wildman–Crippen LogP) is 4.70. The number of nitrogens with one attached hydrogen (secondary N) is 1. The molecule has 20 heavy (non-hydrogen) atoms. The molecule has 0 aliphatic heterocycles. The molecule has 1 aromatic rings. The van der Waals surface area contributed by atoms with Crippen LogP contribution in [-0.4, -0.2) is 21.3 Å². The molecule has 1 atom stereocenters. The molecular formula is C16H26BrNO2. The van der Waals surface area contributed by atoms with Crippen LogP contribution < -0.4 is 14.8 Å². The van der Waals surface area contributed by atoms with Crippen molar-refractivity contribution in [1.82, 2.24) is 5.32 Å². The van der Waals surface area contributed by atoms with Crippen molar-refractivity contribution < 1.29 is 9.47 Å². The largest absolute Gasteiger partial charge is 0.496 e. The van der Waals surface area contributed by atoms with Crippen LogP contribution in [0.3, 0.4) is 0 Å². The van der Waals surface area contributed by atoms with Gasteiger partial charge in [-0.25, -0.2) is 0 Å². The van der Waals surface area contributed by atoms with E-state index < -0.39 is 0 Å². The van der Waals surface area contributed by atoms with E-state index in [1.807, 2.05) is 13.1 Å². The number of ether oxygens (including phenoxy) is 2. The quantitative estimate of drug-likeness (QED) is 0.659. The second-order valence-corrected chi connectivity index (χ2v) is 5.77. The summed E-state index contributed by atoms with van der Waals surface area (Å²) < 4.78 is 11.8. The Bertz CT molecular complexity index is 410. The highest BCUT2D eigenvalue weighted by Gasteiger charge is 2.17. The van der Waals surface area contributed by atoms with Crippen molar-refractivity contribution in [2.75, 3.05) is 21.3 Å². The number of rotatable bonds is 9. The first kappa shape index (κ1) is 17.3. The van der Waals surface area contributed by atoms with Crippen molar-refractivity contribution in [2.45, 2.75) is 45.1 Å². The van der Waals surface area contributed by atoms with E-state index in [2.05, 4.69) is 34.2 Å². The van der Waals surface area contributed by atoms with Crippen molar-refractivity contribution in [3.8, 4) is 11.5 Å². The number of methoxy groups -OCH3 is 2. The van der Waals surface area contributed by atoms with Crippen LogP contribution in [-0.2, 0) is 0 Å². The molecule has 0 aliphatic rings. The average Bonchev–Trinajstić information content (AvgIpc) is 2.47. The molecule has 0 spiro atoms. The van der Waals surface area contributed by atoms with Gasteiger partial charge in [-0.2, -0.15) is 0 Å². The molecule has 0 amide bonds. The first-order valence-electron chi connectivity index (χ1n) is 7.26. The zero-order chi connectivity index (χ0) is 15.0. The minimum atomic E-state index is 0.295. The molecule has 1 unspecified atom stereocenters. The molecule has 0 bridgehead atoms. The summed E-state index contributed by atoms with van der Waals surface area (Å²) in [5.74, 6) is 1.74. The lowest BCUT2D eigenvalue weighted by atomic mass is 9.99.